The van der Waals surface area contributed by atoms with Gasteiger partial charge >= 0.3 is 18.3 Å². The molecule has 1 N–H and O–H groups in total. The quantitative estimate of drug-likeness (QED) is 0.490. The fraction of sp³-hybridized carbons (Fsp3) is 0.111. The van der Waals surface area contributed by atoms with Crippen molar-refractivity contribution in [2.45, 2.75) is 12.4 Å². The summed E-state index contributed by atoms with van der Waals surface area (Å²) in [6.07, 6.45) is -6.75. The maximum atomic E-state index is 13.0. The number of benzene rings is 1. The molecule has 0 bridgehead atoms. The van der Waals surface area contributed by atoms with Gasteiger partial charge in [0, 0.05) is 18.0 Å². The highest BCUT2D eigenvalue weighted by molar-refractivity contribution is 6.18. The zero-order valence-corrected chi connectivity index (χ0v) is 14.6. The number of halogens is 6. The predicted octanol–water partition coefficient (Wildman–Crippen LogP) is 4.46. The van der Waals surface area contributed by atoms with E-state index in [9.17, 15) is 36.2 Å². The highest BCUT2D eigenvalue weighted by Crippen LogP contribution is 2.38. The fourth-order valence-corrected chi connectivity index (χ4v) is 2.44. The number of aromatic nitrogens is 4. The van der Waals surface area contributed by atoms with Crippen molar-refractivity contribution in [3.63, 3.8) is 0 Å². The van der Waals surface area contributed by atoms with Crippen LogP contribution in [0.3, 0.4) is 0 Å². The van der Waals surface area contributed by atoms with E-state index in [1.807, 2.05) is 0 Å². The molecule has 0 unspecified atom stereocenters. The maximum Gasteiger partial charge on any atom is 0.416 e. The lowest BCUT2D eigenvalue weighted by atomic mass is 10.0. The number of rotatable bonds is 4. The first kappa shape index (κ1) is 21.0. The summed E-state index contributed by atoms with van der Waals surface area (Å²) < 4.78 is 78.9. The van der Waals surface area contributed by atoms with E-state index in [0.717, 1.165) is 17.2 Å². The molecule has 0 radical (unpaired) electrons. The summed E-state index contributed by atoms with van der Waals surface area (Å²) in [6, 6.07) is 5.45. The lowest BCUT2D eigenvalue weighted by molar-refractivity contribution is -0.143. The van der Waals surface area contributed by atoms with Crippen LogP contribution in [0.25, 0.3) is 23.2 Å². The molecular weight excluding hydrogens is 418 g/mol. The summed E-state index contributed by atoms with van der Waals surface area (Å²) in [6.45, 7) is 0. The van der Waals surface area contributed by atoms with Gasteiger partial charge in [0.25, 0.3) is 0 Å². The van der Waals surface area contributed by atoms with Crippen LogP contribution in [-0.2, 0) is 17.1 Å². The summed E-state index contributed by atoms with van der Waals surface area (Å²) in [5.41, 5.74) is -3.80. The monoisotopic (exact) mass is 428 g/mol. The first-order valence-corrected chi connectivity index (χ1v) is 8.02. The number of alkyl halides is 6. The normalized spacial score (nSPS) is 12.8. The largest absolute Gasteiger partial charge is 0.478 e. The number of carboxylic acid groups (broad SMARTS) is 1. The average Bonchev–Trinajstić information content (AvgIpc) is 3.13. The Morgan fingerprint density at radius 1 is 0.967 bits per heavy atom. The van der Waals surface area contributed by atoms with Crippen LogP contribution in [0.15, 0.2) is 48.9 Å². The second-order valence-corrected chi connectivity index (χ2v) is 5.91. The summed E-state index contributed by atoms with van der Waals surface area (Å²) in [5, 5.41) is 13.1. The van der Waals surface area contributed by atoms with Crippen LogP contribution in [0, 0.1) is 0 Å². The third kappa shape index (κ3) is 4.64. The van der Waals surface area contributed by atoms with Gasteiger partial charge in [-0.15, -0.1) is 5.10 Å². The summed E-state index contributed by atoms with van der Waals surface area (Å²) in [5.74, 6) is -1.82. The molecule has 0 saturated carbocycles. The Bertz CT molecular complexity index is 1070. The van der Waals surface area contributed by atoms with Gasteiger partial charge in [0.1, 0.15) is 11.9 Å². The van der Waals surface area contributed by atoms with Crippen LogP contribution in [0.4, 0.5) is 26.3 Å². The molecule has 0 saturated heterocycles. The van der Waals surface area contributed by atoms with Gasteiger partial charge in [0.05, 0.1) is 16.8 Å². The van der Waals surface area contributed by atoms with Crippen molar-refractivity contribution in [3.8, 4) is 11.4 Å². The topological polar surface area (TPSA) is 80.9 Å². The second-order valence-electron chi connectivity index (χ2n) is 5.91. The number of carboxylic acids is 1. The van der Waals surface area contributed by atoms with Crippen LogP contribution < -0.4 is 0 Å². The molecular formula is C18H10F6N4O2. The molecule has 3 rings (SSSR count). The Morgan fingerprint density at radius 3 is 2.10 bits per heavy atom. The summed E-state index contributed by atoms with van der Waals surface area (Å²) in [4.78, 5) is 19.0. The molecule has 0 amide bonds. The standard InChI is InChI=1S/C18H10F6N4O2/c19-17(20,21)11-5-10(6-12(7-11)18(22,23)24)15-26-9-28(27-15)8-13(16(29)30)14-3-1-2-4-25-14/h1-9H,(H,29,30)/b13-8+. The van der Waals surface area contributed by atoms with Gasteiger partial charge in [0.2, 0.25) is 0 Å². The Hall–Kier alpha value is -3.70. The van der Waals surface area contributed by atoms with Crippen LogP contribution in [0.1, 0.15) is 16.8 Å². The molecule has 0 atom stereocenters. The van der Waals surface area contributed by atoms with Gasteiger partial charge in [-0.2, -0.15) is 26.3 Å². The van der Waals surface area contributed by atoms with Gasteiger partial charge in [0.15, 0.2) is 5.82 Å². The third-order valence-corrected chi connectivity index (χ3v) is 3.79. The van der Waals surface area contributed by atoms with E-state index in [2.05, 4.69) is 15.1 Å². The highest BCUT2D eigenvalue weighted by atomic mass is 19.4. The molecule has 0 fully saturated rings. The predicted molar refractivity (Wildman–Crippen MR) is 91.5 cm³/mol. The van der Waals surface area contributed by atoms with Gasteiger partial charge in [-0.1, -0.05) is 6.07 Å². The summed E-state index contributed by atoms with van der Waals surface area (Å²) >= 11 is 0. The second kappa shape index (κ2) is 7.61. The van der Waals surface area contributed by atoms with Crippen molar-refractivity contribution in [2.24, 2.45) is 0 Å². The van der Waals surface area contributed by atoms with E-state index in [1.165, 1.54) is 18.3 Å². The lowest BCUT2D eigenvalue weighted by Crippen LogP contribution is -2.11. The molecule has 6 nitrogen and oxygen atoms in total. The van der Waals surface area contributed by atoms with Crippen molar-refractivity contribution in [2.75, 3.05) is 0 Å². The zero-order valence-electron chi connectivity index (χ0n) is 14.6. The van der Waals surface area contributed by atoms with E-state index in [-0.39, 0.29) is 17.3 Å². The van der Waals surface area contributed by atoms with Crippen molar-refractivity contribution < 1.29 is 36.2 Å². The van der Waals surface area contributed by atoms with Crippen LogP contribution in [0.5, 0.6) is 0 Å². The molecule has 30 heavy (non-hydrogen) atoms. The third-order valence-electron chi connectivity index (χ3n) is 3.79. The first-order valence-electron chi connectivity index (χ1n) is 8.02. The van der Waals surface area contributed by atoms with Crippen molar-refractivity contribution >= 4 is 17.7 Å². The molecule has 2 aromatic heterocycles. The number of pyridine rings is 1. The van der Waals surface area contributed by atoms with Crippen LogP contribution >= 0.6 is 0 Å². The van der Waals surface area contributed by atoms with Crippen molar-refractivity contribution in [1.29, 1.82) is 0 Å². The molecule has 156 valence electrons. The Labute approximate surface area is 164 Å². The van der Waals surface area contributed by atoms with Crippen molar-refractivity contribution in [3.05, 3.63) is 65.7 Å². The minimum absolute atomic E-state index is 0.00992. The van der Waals surface area contributed by atoms with Crippen LogP contribution in [0.2, 0.25) is 0 Å². The van der Waals surface area contributed by atoms with E-state index in [0.29, 0.717) is 12.1 Å². The smallest absolute Gasteiger partial charge is 0.416 e. The number of hydrogen-bond donors (Lipinski definition) is 1. The molecule has 12 heteroatoms. The summed E-state index contributed by atoms with van der Waals surface area (Å²) in [7, 11) is 0. The first-order chi connectivity index (χ1) is 13.9. The highest BCUT2D eigenvalue weighted by Gasteiger charge is 2.37. The van der Waals surface area contributed by atoms with Crippen molar-refractivity contribution in [1.82, 2.24) is 19.7 Å². The van der Waals surface area contributed by atoms with E-state index in [4.69, 9.17) is 0 Å². The van der Waals surface area contributed by atoms with E-state index in [1.54, 1.807) is 6.07 Å². The maximum absolute atomic E-state index is 13.0. The van der Waals surface area contributed by atoms with Crippen LogP contribution in [-0.4, -0.2) is 30.8 Å². The SMILES string of the molecule is O=C(O)/C(=C/n1cnc(-c2cc(C(F)(F)F)cc(C(F)(F)F)c2)n1)c1ccccn1. The fourth-order valence-electron chi connectivity index (χ4n) is 2.44. The van der Waals surface area contributed by atoms with Gasteiger partial charge in [-0.05, 0) is 30.3 Å². The van der Waals surface area contributed by atoms with Gasteiger partial charge in [-0.3, -0.25) is 4.98 Å². The molecule has 0 aliphatic rings. The minimum atomic E-state index is -5.02. The number of carbonyl (C=O) groups is 1. The minimum Gasteiger partial charge on any atom is -0.478 e. The number of aliphatic carboxylic acids is 1. The lowest BCUT2D eigenvalue weighted by Gasteiger charge is -2.13. The molecule has 0 spiro atoms. The van der Waals surface area contributed by atoms with Gasteiger partial charge in [-0.25, -0.2) is 14.5 Å². The molecule has 3 aromatic rings. The van der Waals surface area contributed by atoms with Gasteiger partial charge < -0.3 is 5.11 Å². The van der Waals surface area contributed by atoms with E-state index < -0.39 is 40.8 Å². The molecule has 1 aromatic carbocycles. The molecule has 2 heterocycles. The Balaban J connectivity index is 2.06. The number of nitrogens with zero attached hydrogens (tertiary/aromatic N) is 4. The Kier molecular flexibility index (Phi) is 5.33. The average molecular weight is 428 g/mol. The Morgan fingerprint density at radius 2 is 1.60 bits per heavy atom. The zero-order chi connectivity index (χ0) is 22.1. The van der Waals surface area contributed by atoms with E-state index >= 15 is 0 Å². The number of hydrogen-bond acceptors (Lipinski definition) is 4. The molecule has 0 aliphatic heterocycles. The molecule has 0 aliphatic carbocycles.